The standard InChI is InChI=1S/C37H39ClN4O7S2/c1-6-23-19-37(23,35(45)41-51(46,47)33-15-14-31(38)50-33)40-34(44)29-17-25(21-42(29)32(43)20-36(2,3)4)49-30-18-27(22-10-8-7-9-11-22)39-28-16-24(48-5)12-13-26(28)30/h6-16,18,23,25,29H,1,17,19-21H2,2-5H3,(H,40,44)(H,41,45). The van der Waals surface area contributed by atoms with Crippen molar-refractivity contribution >= 4 is 61.6 Å². The van der Waals surface area contributed by atoms with Crippen LogP contribution in [0.3, 0.4) is 0 Å². The molecule has 1 aliphatic carbocycles. The van der Waals surface area contributed by atoms with E-state index in [1.165, 1.54) is 23.1 Å². The Hall–Kier alpha value is -4.46. The Kier molecular flexibility index (Phi) is 9.92. The molecule has 3 amide bonds. The van der Waals surface area contributed by atoms with E-state index in [2.05, 4.69) is 16.6 Å². The average molecular weight is 751 g/mol. The van der Waals surface area contributed by atoms with Crippen molar-refractivity contribution in [2.45, 2.75) is 61.9 Å². The van der Waals surface area contributed by atoms with E-state index in [1.54, 1.807) is 7.11 Å². The van der Waals surface area contributed by atoms with Crippen LogP contribution in [0.1, 0.15) is 40.0 Å². The van der Waals surface area contributed by atoms with Gasteiger partial charge in [0.1, 0.15) is 33.4 Å². The van der Waals surface area contributed by atoms with Gasteiger partial charge in [-0.05, 0) is 36.1 Å². The zero-order valence-corrected chi connectivity index (χ0v) is 31.0. The summed E-state index contributed by atoms with van der Waals surface area (Å²) >= 11 is 6.74. The predicted octanol–water partition coefficient (Wildman–Crippen LogP) is 5.98. The Bertz CT molecular complexity index is 2120. The van der Waals surface area contributed by atoms with Crippen molar-refractivity contribution in [3.05, 3.63) is 83.7 Å². The first-order valence-corrected chi connectivity index (χ1v) is 19.1. The maximum Gasteiger partial charge on any atom is 0.273 e. The van der Waals surface area contributed by atoms with Gasteiger partial charge in [-0.25, -0.2) is 18.1 Å². The van der Waals surface area contributed by atoms with Gasteiger partial charge in [0, 0.05) is 41.8 Å². The maximum atomic E-state index is 14.1. The van der Waals surface area contributed by atoms with Crippen molar-refractivity contribution in [1.29, 1.82) is 0 Å². The number of carbonyl (C=O) groups is 3. The largest absolute Gasteiger partial charge is 0.497 e. The molecule has 14 heteroatoms. The van der Waals surface area contributed by atoms with E-state index in [1.807, 2.05) is 75.4 Å². The number of amides is 3. The molecule has 2 aliphatic rings. The summed E-state index contributed by atoms with van der Waals surface area (Å²) in [6.07, 6.45) is 1.36. The highest BCUT2D eigenvalue weighted by Crippen LogP contribution is 2.45. The van der Waals surface area contributed by atoms with Crippen molar-refractivity contribution in [3.8, 4) is 22.8 Å². The van der Waals surface area contributed by atoms with Crippen LogP contribution in [-0.2, 0) is 24.4 Å². The Morgan fingerprint density at radius 3 is 2.49 bits per heavy atom. The number of aromatic nitrogens is 1. The molecule has 2 N–H and O–H groups in total. The van der Waals surface area contributed by atoms with Crippen LogP contribution in [-0.4, -0.2) is 67.4 Å². The van der Waals surface area contributed by atoms with Crippen molar-refractivity contribution < 1.29 is 32.3 Å². The molecule has 11 nitrogen and oxygen atoms in total. The third-order valence-electron chi connectivity index (χ3n) is 9.00. The van der Waals surface area contributed by atoms with Crippen LogP contribution in [0.4, 0.5) is 0 Å². The minimum atomic E-state index is -4.25. The molecule has 268 valence electrons. The topological polar surface area (TPSA) is 144 Å². The average Bonchev–Trinajstić information content (AvgIpc) is 3.36. The molecule has 0 bridgehead atoms. The summed E-state index contributed by atoms with van der Waals surface area (Å²) in [4.78, 5) is 47.8. The van der Waals surface area contributed by atoms with Gasteiger partial charge in [0.2, 0.25) is 11.8 Å². The van der Waals surface area contributed by atoms with Gasteiger partial charge in [-0.3, -0.25) is 14.4 Å². The molecule has 2 aromatic heterocycles. The number of benzene rings is 2. The summed E-state index contributed by atoms with van der Waals surface area (Å²) in [6, 6.07) is 18.7. The molecule has 0 spiro atoms. The number of nitrogens with one attached hydrogen (secondary N) is 2. The van der Waals surface area contributed by atoms with Gasteiger partial charge in [-0.1, -0.05) is 68.8 Å². The van der Waals surface area contributed by atoms with Crippen LogP contribution in [0.25, 0.3) is 22.2 Å². The Labute approximate surface area is 306 Å². The Morgan fingerprint density at radius 2 is 1.86 bits per heavy atom. The van der Waals surface area contributed by atoms with Gasteiger partial charge >= 0.3 is 0 Å². The monoisotopic (exact) mass is 750 g/mol. The quantitative estimate of drug-likeness (QED) is 0.179. The van der Waals surface area contributed by atoms with Gasteiger partial charge in [-0.15, -0.1) is 17.9 Å². The van der Waals surface area contributed by atoms with Gasteiger partial charge in [0.15, 0.2) is 0 Å². The van der Waals surface area contributed by atoms with Crippen molar-refractivity contribution in [3.63, 3.8) is 0 Å². The summed E-state index contributed by atoms with van der Waals surface area (Å²) in [5.41, 5.74) is 0.279. The van der Waals surface area contributed by atoms with Crippen LogP contribution in [0, 0.1) is 11.3 Å². The van der Waals surface area contributed by atoms with Gasteiger partial charge < -0.3 is 19.7 Å². The second-order valence-electron chi connectivity index (χ2n) is 14.0. The highest BCUT2D eigenvalue weighted by Gasteiger charge is 2.61. The van der Waals surface area contributed by atoms with Gasteiger partial charge in [0.25, 0.3) is 15.9 Å². The van der Waals surface area contributed by atoms with E-state index < -0.39 is 45.4 Å². The summed E-state index contributed by atoms with van der Waals surface area (Å²) in [5.74, 6) is -1.09. The number of nitrogens with zero attached hydrogens (tertiary/aromatic N) is 2. The van der Waals surface area contributed by atoms with E-state index in [0.29, 0.717) is 22.7 Å². The molecule has 4 aromatic rings. The molecular formula is C37H39ClN4O7S2. The summed E-state index contributed by atoms with van der Waals surface area (Å²) in [7, 11) is -2.67. The molecule has 3 heterocycles. The highest BCUT2D eigenvalue weighted by molar-refractivity contribution is 7.92. The maximum absolute atomic E-state index is 14.1. The summed E-state index contributed by atoms with van der Waals surface area (Å²) in [5, 5.41) is 3.54. The number of fused-ring (bicyclic) bond motifs is 1. The normalized spacial score (nSPS) is 21.6. The number of pyridine rings is 1. The van der Waals surface area contributed by atoms with E-state index in [-0.39, 0.29) is 45.7 Å². The molecule has 2 fully saturated rings. The third kappa shape index (κ3) is 7.75. The van der Waals surface area contributed by atoms with Crippen LogP contribution in [0.15, 0.2) is 83.6 Å². The molecule has 0 radical (unpaired) electrons. The molecule has 4 atom stereocenters. The molecule has 2 aromatic carbocycles. The molecule has 51 heavy (non-hydrogen) atoms. The third-order valence-corrected chi connectivity index (χ3v) is 12.1. The van der Waals surface area contributed by atoms with Crippen molar-refractivity contribution in [1.82, 2.24) is 19.9 Å². The number of likely N-dealkylation sites (tertiary alicyclic amines) is 1. The lowest BCUT2D eigenvalue weighted by molar-refractivity contribution is -0.141. The first kappa shape index (κ1) is 36.3. The number of hydrogen-bond acceptors (Lipinski definition) is 9. The van der Waals surface area contributed by atoms with E-state index >= 15 is 0 Å². The number of halogens is 1. The number of carbonyl (C=O) groups excluding carboxylic acids is 3. The lowest BCUT2D eigenvalue weighted by Crippen LogP contribution is -2.56. The molecular weight excluding hydrogens is 712 g/mol. The Morgan fingerprint density at radius 1 is 1.12 bits per heavy atom. The number of sulfonamides is 1. The Balaban J connectivity index is 1.29. The minimum Gasteiger partial charge on any atom is -0.497 e. The second kappa shape index (κ2) is 13.9. The fourth-order valence-corrected chi connectivity index (χ4v) is 8.86. The highest BCUT2D eigenvalue weighted by atomic mass is 35.5. The lowest BCUT2D eigenvalue weighted by atomic mass is 9.91. The number of ether oxygens (including phenoxy) is 2. The predicted molar refractivity (Wildman–Crippen MR) is 196 cm³/mol. The zero-order valence-electron chi connectivity index (χ0n) is 28.6. The van der Waals surface area contributed by atoms with Crippen molar-refractivity contribution in [2.24, 2.45) is 11.3 Å². The van der Waals surface area contributed by atoms with E-state index in [4.69, 9.17) is 26.1 Å². The molecule has 1 saturated carbocycles. The number of methoxy groups -OCH3 is 1. The van der Waals surface area contributed by atoms with Crippen LogP contribution >= 0.6 is 22.9 Å². The number of thiophene rings is 1. The fourth-order valence-electron chi connectivity index (χ4n) is 6.34. The summed E-state index contributed by atoms with van der Waals surface area (Å²) < 4.78 is 40.3. The van der Waals surface area contributed by atoms with E-state index in [0.717, 1.165) is 22.3 Å². The first-order valence-electron chi connectivity index (χ1n) is 16.4. The number of hydrogen-bond donors (Lipinski definition) is 2. The van der Waals surface area contributed by atoms with Crippen LogP contribution in [0.2, 0.25) is 4.34 Å². The fraction of sp³-hybridized carbons (Fsp3) is 0.351. The minimum absolute atomic E-state index is 0.116. The molecule has 6 rings (SSSR count). The van der Waals surface area contributed by atoms with Gasteiger partial charge in [-0.2, -0.15) is 0 Å². The lowest BCUT2D eigenvalue weighted by Gasteiger charge is -2.28. The first-order chi connectivity index (χ1) is 24.1. The molecule has 1 saturated heterocycles. The number of rotatable bonds is 11. The van der Waals surface area contributed by atoms with Crippen LogP contribution < -0.4 is 19.5 Å². The zero-order chi connectivity index (χ0) is 36.7. The van der Waals surface area contributed by atoms with Gasteiger partial charge in [0.05, 0.1) is 29.2 Å². The summed E-state index contributed by atoms with van der Waals surface area (Å²) in [6.45, 7) is 9.70. The van der Waals surface area contributed by atoms with E-state index in [9.17, 15) is 22.8 Å². The smallest absolute Gasteiger partial charge is 0.273 e. The molecule has 1 aliphatic heterocycles. The second-order valence-corrected chi connectivity index (χ2v) is 17.7. The van der Waals surface area contributed by atoms with Crippen molar-refractivity contribution in [2.75, 3.05) is 13.7 Å². The van der Waals surface area contributed by atoms with Crippen LogP contribution in [0.5, 0.6) is 11.5 Å². The molecule has 4 unspecified atom stereocenters. The SMILES string of the molecule is C=CC1CC1(NC(=O)C1CC(Oc2cc(-c3ccccc3)nc3cc(OC)ccc23)CN1C(=O)CC(C)(C)C)C(=O)NS(=O)(=O)c1ccc(Cl)s1.